The Morgan fingerprint density at radius 1 is 1.40 bits per heavy atom. The number of carbonyl (C=O) groups excluding carboxylic acids is 1. The molecule has 0 aromatic rings. The van der Waals surface area contributed by atoms with Crippen LogP contribution in [0.4, 0.5) is 18.0 Å². The molecule has 20 heavy (non-hydrogen) atoms. The Morgan fingerprint density at radius 2 is 2.05 bits per heavy atom. The Morgan fingerprint density at radius 3 is 2.60 bits per heavy atom. The van der Waals surface area contributed by atoms with Crippen LogP contribution >= 0.6 is 0 Å². The predicted octanol–water partition coefficient (Wildman–Crippen LogP) is 2.18. The molecule has 0 bridgehead atoms. The summed E-state index contributed by atoms with van der Waals surface area (Å²) in [7, 11) is 1.33. The van der Waals surface area contributed by atoms with Crippen molar-refractivity contribution in [3.05, 3.63) is 0 Å². The summed E-state index contributed by atoms with van der Waals surface area (Å²) in [6, 6.07) is -0.468. The number of piperidine rings is 1. The van der Waals surface area contributed by atoms with Crippen molar-refractivity contribution in [3.8, 4) is 0 Å². The highest BCUT2D eigenvalue weighted by Gasteiger charge is 2.30. The van der Waals surface area contributed by atoms with Gasteiger partial charge in [-0.2, -0.15) is 13.2 Å². The summed E-state index contributed by atoms with van der Waals surface area (Å²) in [6.45, 7) is 0.370. The lowest BCUT2D eigenvalue weighted by atomic mass is 9.95. The average Bonchev–Trinajstić information content (AvgIpc) is 2.33. The van der Waals surface area contributed by atoms with Crippen LogP contribution in [0.3, 0.4) is 0 Å². The molecule has 0 aliphatic carbocycles. The molecule has 1 rings (SSSR count). The van der Waals surface area contributed by atoms with Crippen LogP contribution in [0.2, 0.25) is 0 Å². The van der Waals surface area contributed by atoms with Crippen LogP contribution in [0.15, 0.2) is 0 Å². The summed E-state index contributed by atoms with van der Waals surface area (Å²) in [5, 5.41) is 8.73. The van der Waals surface area contributed by atoms with Gasteiger partial charge in [-0.15, -0.1) is 0 Å². The van der Waals surface area contributed by atoms with E-state index in [9.17, 15) is 22.8 Å². The largest absolute Gasteiger partial charge is 0.481 e. The molecule has 1 N–H and O–H groups in total. The zero-order valence-corrected chi connectivity index (χ0v) is 11.3. The Balaban J connectivity index is 2.47. The Labute approximate surface area is 115 Å². The molecule has 0 saturated carbocycles. The van der Waals surface area contributed by atoms with E-state index in [1.165, 1.54) is 11.9 Å². The molecule has 8 heteroatoms. The number of carbonyl (C=O) groups is 2. The number of alkyl halides is 3. The van der Waals surface area contributed by atoms with Gasteiger partial charge in [0.15, 0.2) is 0 Å². The smallest absolute Gasteiger partial charge is 0.390 e. The molecule has 5 nitrogen and oxygen atoms in total. The van der Waals surface area contributed by atoms with Crippen molar-refractivity contribution in [1.29, 1.82) is 0 Å². The van der Waals surface area contributed by atoms with E-state index in [0.29, 0.717) is 19.5 Å². The first-order valence-corrected chi connectivity index (χ1v) is 6.47. The Kier molecular flexibility index (Phi) is 5.64. The second-order valence-electron chi connectivity index (χ2n) is 5.12. The molecule has 1 unspecified atom stereocenters. The van der Waals surface area contributed by atoms with Crippen molar-refractivity contribution in [3.63, 3.8) is 0 Å². The van der Waals surface area contributed by atoms with Crippen molar-refractivity contribution in [2.75, 3.05) is 26.7 Å². The van der Waals surface area contributed by atoms with Gasteiger partial charge in [0.2, 0.25) is 0 Å². The third-order valence-electron chi connectivity index (χ3n) is 3.31. The number of hydrogen-bond donors (Lipinski definition) is 1. The summed E-state index contributed by atoms with van der Waals surface area (Å²) in [4.78, 5) is 25.1. The van der Waals surface area contributed by atoms with E-state index in [1.54, 1.807) is 0 Å². The summed E-state index contributed by atoms with van der Waals surface area (Å²) in [5.74, 6) is -1.05. The molecule has 1 aliphatic heterocycles. The molecule has 1 heterocycles. The lowest BCUT2D eigenvalue weighted by Crippen LogP contribution is -2.47. The first-order chi connectivity index (χ1) is 9.19. The second-order valence-corrected chi connectivity index (χ2v) is 5.12. The van der Waals surface area contributed by atoms with Gasteiger partial charge in [-0.3, -0.25) is 4.79 Å². The maximum Gasteiger partial charge on any atom is 0.390 e. The minimum Gasteiger partial charge on any atom is -0.481 e. The molecule has 2 amide bonds. The zero-order valence-electron chi connectivity index (χ0n) is 11.3. The number of amides is 2. The molecule has 0 radical (unpaired) electrons. The van der Waals surface area contributed by atoms with Gasteiger partial charge in [-0.1, -0.05) is 0 Å². The highest BCUT2D eigenvalue weighted by molar-refractivity contribution is 5.74. The molecule has 1 atom stereocenters. The number of aliphatic carboxylic acids is 1. The maximum atomic E-state index is 12.1. The number of rotatable bonds is 4. The van der Waals surface area contributed by atoms with Crippen molar-refractivity contribution < 1.29 is 27.9 Å². The fourth-order valence-corrected chi connectivity index (χ4v) is 2.28. The molecule has 116 valence electrons. The highest BCUT2D eigenvalue weighted by Crippen LogP contribution is 2.22. The topological polar surface area (TPSA) is 60.9 Å². The fraction of sp³-hybridized carbons (Fsp3) is 0.833. The molecule has 0 spiro atoms. The van der Waals surface area contributed by atoms with Crippen LogP contribution in [0.25, 0.3) is 0 Å². The van der Waals surface area contributed by atoms with Gasteiger partial charge in [0.25, 0.3) is 0 Å². The monoisotopic (exact) mass is 296 g/mol. The van der Waals surface area contributed by atoms with Crippen molar-refractivity contribution in [2.24, 2.45) is 5.92 Å². The average molecular weight is 296 g/mol. The van der Waals surface area contributed by atoms with Crippen LogP contribution in [0.1, 0.15) is 25.7 Å². The van der Waals surface area contributed by atoms with Crippen LogP contribution in [0, 0.1) is 5.92 Å². The number of carboxylic acid groups (broad SMARTS) is 1. The molecular formula is C12H19F3N2O3. The van der Waals surface area contributed by atoms with Gasteiger partial charge in [-0.05, 0) is 18.8 Å². The van der Waals surface area contributed by atoms with Crippen LogP contribution < -0.4 is 0 Å². The number of hydrogen-bond acceptors (Lipinski definition) is 2. The van der Waals surface area contributed by atoms with E-state index in [0.717, 1.165) is 11.3 Å². The van der Waals surface area contributed by atoms with Crippen LogP contribution in [-0.4, -0.2) is 59.8 Å². The number of likely N-dealkylation sites (tertiary alicyclic amines) is 1. The van der Waals surface area contributed by atoms with Crippen LogP contribution in [-0.2, 0) is 4.79 Å². The molecule has 0 aromatic heterocycles. The van der Waals surface area contributed by atoms with Gasteiger partial charge < -0.3 is 14.9 Å². The second kappa shape index (κ2) is 6.81. The first kappa shape index (κ1) is 16.6. The third-order valence-corrected chi connectivity index (χ3v) is 3.31. The summed E-state index contributed by atoms with van der Waals surface area (Å²) in [6.07, 6.45) is -3.95. The molecule has 0 aromatic carbocycles. The van der Waals surface area contributed by atoms with E-state index < -0.39 is 24.6 Å². The Bertz CT molecular complexity index is 360. The number of nitrogens with zero attached hydrogens (tertiary/aromatic N) is 2. The quantitative estimate of drug-likeness (QED) is 0.865. The van der Waals surface area contributed by atoms with Gasteiger partial charge >= 0.3 is 18.2 Å². The molecule has 1 saturated heterocycles. The first-order valence-electron chi connectivity index (χ1n) is 6.47. The van der Waals surface area contributed by atoms with E-state index >= 15 is 0 Å². The normalized spacial score (nSPS) is 19.8. The lowest BCUT2D eigenvalue weighted by molar-refractivity contribution is -0.139. The highest BCUT2D eigenvalue weighted by atomic mass is 19.4. The molecule has 1 aliphatic rings. The standard InChI is InChI=1S/C12H19F3N2O3/c1-16(6-4-12(13,14)15)11(20)17-5-2-3-9(8-17)7-10(18)19/h9H,2-8H2,1H3,(H,18,19). The fourth-order valence-electron chi connectivity index (χ4n) is 2.28. The van der Waals surface area contributed by atoms with E-state index in [2.05, 4.69) is 0 Å². The van der Waals surface area contributed by atoms with Crippen molar-refractivity contribution in [1.82, 2.24) is 9.80 Å². The van der Waals surface area contributed by atoms with Gasteiger partial charge in [0.1, 0.15) is 0 Å². The summed E-state index contributed by atoms with van der Waals surface area (Å²) < 4.78 is 36.3. The maximum absolute atomic E-state index is 12.1. The zero-order chi connectivity index (χ0) is 15.3. The number of carboxylic acids is 1. The van der Waals surface area contributed by atoms with Gasteiger partial charge in [-0.25, -0.2) is 4.79 Å². The minimum atomic E-state index is -4.29. The van der Waals surface area contributed by atoms with E-state index in [-0.39, 0.29) is 18.9 Å². The van der Waals surface area contributed by atoms with Gasteiger partial charge in [0.05, 0.1) is 6.42 Å². The van der Waals surface area contributed by atoms with Crippen molar-refractivity contribution in [2.45, 2.75) is 31.9 Å². The molecule has 1 fully saturated rings. The van der Waals surface area contributed by atoms with Crippen LogP contribution in [0.5, 0.6) is 0 Å². The molecular weight excluding hydrogens is 277 g/mol. The SMILES string of the molecule is CN(CCC(F)(F)F)C(=O)N1CCCC(CC(=O)O)C1. The third kappa shape index (κ3) is 5.66. The Hall–Kier alpha value is -1.47. The lowest BCUT2D eigenvalue weighted by Gasteiger charge is -2.35. The van der Waals surface area contributed by atoms with E-state index in [4.69, 9.17) is 5.11 Å². The number of halogens is 3. The van der Waals surface area contributed by atoms with Crippen molar-refractivity contribution >= 4 is 12.0 Å². The van der Waals surface area contributed by atoms with Gasteiger partial charge in [0, 0.05) is 33.1 Å². The van der Waals surface area contributed by atoms with E-state index in [1.807, 2.05) is 0 Å². The predicted molar refractivity (Wildman–Crippen MR) is 65.2 cm³/mol. The summed E-state index contributed by atoms with van der Waals surface area (Å²) in [5.41, 5.74) is 0. The summed E-state index contributed by atoms with van der Waals surface area (Å²) >= 11 is 0. The number of urea groups is 1. The minimum absolute atomic E-state index is 0.0178.